The van der Waals surface area contributed by atoms with Crippen LogP contribution < -0.4 is 11.1 Å². The lowest BCUT2D eigenvalue weighted by atomic mass is 9.84. The van der Waals surface area contributed by atoms with Crippen molar-refractivity contribution in [1.82, 2.24) is 5.32 Å². The van der Waals surface area contributed by atoms with Crippen molar-refractivity contribution >= 4 is 28.9 Å². The lowest BCUT2D eigenvalue weighted by molar-refractivity contribution is -0.143. The van der Waals surface area contributed by atoms with Crippen molar-refractivity contribution in [3.8, 4) is 10.4 Å². The molecule has 1 aliphatic carbocycles. The quantitative estimate of drug-likeness (QED) is 0.575. The largest absolute Gasteiger partial charge is 0.467 e. The van der Waals surface area contributed by atoms with Crippen LogP contribution in [0.3, 0.4) is 0 Å². The second-order valence-electron chi connectivity index (χ2n) is 7.07. The number of nitrogens with one attached hydrogen (secondary N) is 1. The van der Waals surface area contributed by atoms with Gasteiger partial charge in [0.15, 0.2) is 0 Å². The van der Waals surface area contributed by atoms with Crippen molar-refractivity contribution in [3.05, 3.63) is 41.3 Å². The number of ether oxygens (including phenoxy) is 1. The molecule has 1 aliphatic rings. The molecule has 6 heteroatoms. The number of carbonyl (C=O) groups excluding carboxylic acids is 2. The molecule has 3 rings (SSSR count). The van der Waals surface area contributed by atoms with Gasteiger partial charge in [-0.1, -0.05) is 38.2 Å². The van der Waals surface area contributed by atoms with Gasteiger partial charge >= 0.3 is 5.97 Å². The molecule has 2 aromatic rings. The highest BCUT2D eigenvalue weighted by Gasteiger charge is 2.27. The number of amides is 1. The van der Waals surface area contributed by atoms with Gasteiger partial charge in [-0.2, -0.15) is 0 Å². The van der Waals surface area contributed by atoms with Gasteiger partial charge < -0.3 is 15.8 Å². The summed E-state index contributed by atoms with van der Waals surface area (Å²) in [6.07, 6.45) is 6.46. The third-order valence-electron chi connectivity index (χ3n) is 5.16. The first kappa shape index (κ1) is 19.4. The Hall–Kier alpha value is -2.34. The summed E-state index contributed by atoms with van der Waals surface area (Å²) >= 11 is 1.55. The van der Waals surface area contributed by atoms with Crippen LogP contribution in [0.5, 0.6) is 0 Å². The van der Waals surface area contributed by atoms with E-state index in [-0.39, 0.29) is 11.9 Å². The van der Waals surface area contributed by atoms with E-state index >= 15 is 0 Å². The summed E-state index contributed by atoms with van der Waals surface area (Å²) in [5.41, 5.74) is 7.83. The molecule has 3 N–H and O–H groups in total. The van der Waals surface area contributed by atoms with E-state index in [1.165, 1.54) is 26.4 Å². The van der Waals surface area contributed by atoms with Crippen LogP contribution in [-0.4, -0.2) is 25.0 Å². The van der Waals surface area contributed by atoms with E-state index in [4.69, 9.17) is 10.5 Å². The highest BCUT2D eigenvalue weighted by Crippen LogP contribution is 2.31. The highest BCUT2D eigenvalue weighted by molar-refractivity contribution is 7.13. The van der Waals surface area contributed by atoms with Gasteiger partial charge in [0, 0.05) is 21.7 Å². The molecule has 1 aromatic heterocycles. The molecule has 0 spiro atoms. The molecular formula is C21H26N2O3S. The van der Waals surface area contributed by atoms with Gasteiger partial charge in [0.25, 0.3) is 5.91 Å². The molecule has 1 amide bonds. The highest BCUT2D eigenvalue weighted by atomic mass is 32.1. The predicted octanol–water partition coefficient (Wildman–Crippen LogP) is 4.24. The van der Waals surface area contributed by atoms with Gasteiger partial charge in [-0.25, -0.2) is 4.79 Å². The summed E-state index contributed by atoms with van der Waals surface area (Å²) in [4.78, 5) is 26.2. The van der Waals surface area contributed by atoms with E-state index in [1.807, 2.05) is 17.5 Å². The van der Waals surface area contributed by atoms with E-state index in [2.05, 4.69) is 5.32 Å². The Balaban J connectivity index is 1.80. The normalized spacial score (nSPS) is 15.9. The maximum Gasteiger partial charge on any atom is 0.328 e. The standard InChI is InChI=1S/C21H26N2O3S/c1-26-21(25)18(12-14-6-3-2-4-7-14)23-20(24)16-10-9-15(22)13-17(16)19-8-5-11-27-19/h5,8-11,13-14,18H,2-4,6-7,12,22H2,1H3,(H,23,24)/t18-/m1/s1. The summed E-state index contributed by atoms with van der Waals surface area (Å²) < 4.78 is 4.94. The lowest BCUT2D eigenvalue weighted by Gasteiger charge is -2.26. The number of methoxy groups -OCH3 is 1. The smallest absolute Gasteiger partial charge is 0.328 e. The van der Waals surface area contributed by atoms with Crippen molar-refractivity contribution in [2.75, 3.05) is 12.8 Å². The molecule has 1 atom stereocenters. The van der Waals surface area contributed by atoms with Crippen LogP contribution in [0.15, 0.2) is 35.7 Å². The number of rotatable bonds is 6. The minimum atomic E-state index is -0.626. The fourth-order valence-corrected chi connectivity index (χ4v) is 4.50. The average Bonchev–Trinajstić information content (AvgIpc) is 3.22. The molecule has 0 unspecified atom stereocenters. The van der Waals surface area contributed by atoms with Crippen molar-refractivity contribution in [2.45, 2.75) is 44.6 Å². The maximum atomic E-state index is 13.0. The van der Waals surface area contributed by atoms with Crippen LogP contribution in [0.2, 0.25) is 0 Å². The number of esters is 1. The van der Waals surface area contributed by atoms with Gasteiger partial charge in [-0.15, -0.1) is 11.3 Å². The van der Waals surface area contributed by atoms with E-state index in [0.29, 0.717) is 23.6 Å². The lowest BCUT2D eigenvalue weighted by Crippen LogP contribution is -2.43. The number of nitrogens with two attached hydrogens (primary N) is 1. The third-order valence-corrected chi connectivity index (χ3v) is 6.06. The Labute approximate surface area is 163 Å². The Bertz CT molecular complexity index is 783. The van der Waals surface area contributed by atoms with Gasteiger partial charge in [0.05, 0.1) is 7.11 Å². The first-order chi connectivity index (χ1) is 13.1. The van der Waals surface area contributed by atoms with Gasteiger partial charge in [0.1, 0.15) is 6.04 Å². The summed E-state index contributed by atoms with van der Waals surface area (Å²) in [6, 6.07) is 8.49. The number of anilines is 1. The minimum Gasteiger partial charge on any atom is -0.467 e. The zero-order valence-corrected chi connectivity index (χ0v) is 16.4. The topological polar surface area (TPSA) is 81.4 Å². The summed E-state index contributed by atoms with van der Waals surface area (Å²) in [5.74, 6) is -0.210. The van der Waals surface area contributed by atoms with E-state index in [0.717, 1.165) is 23.3 Å². The fraction of sp³-hybridized carbons (Fsp3) is 0.429. The summed E-state index contributed by atoms with van der Waals surface area (Å²) in [7, 11) is 1.36. The van der Waals surface area contributed by atoms with Crippen LogP contribution in [0.1, 0.15) is 48.9 Å². The van der Waals surface area contributed by atoms with Crippen LogP contribution in [0.4, 0.5) is 5.69 Å². The van der Waals surface area contributed by atoms with E-state index < -0.39 is 6.04 Å². The zero-order chi connectivity index (χ0) is 19.2. The van der Waals surface area contributed by atoms with Gasteiger partial charge in [0.2, 0.25) is 0 Å². The Kier molecular flexibility index (Phi) is 6.50. The van der Waals surface area contributed by atoms with Crippen LogP contribution in [-0.2, 0) is 9.53 Å². The number of benzene rings is 1. The van der Waals surface area contributed by atoms with Gasteiger partial charge in [-0.05, 0) is 42.0 Å². The molecule has 0 bridgehead atoms. The van der Waals surface area contributed by atoms with Crippen LogP contribution in [0.25, 0.3) is 10.4 Å². The van der Waals surface area contributed by atoms with Crippen LogP contribution >= 0.6 is 11.3 Å². The monoisotopic (exact) mass is 386 g/mol. The maximum absolute atomic E-state index is 13.0. The van der Waals surface area contributed by atoms with Gasteiger partial charge in [-0.3, -0.25) is 4.79 Å². The zero-order valence-electron chi connectivity index (χ0n) is 15.6. The third kappa shape index (κ3) is 4.89. The summed E-state index contributed by atoms with van der Waals surface area (Å²) in [6.45, 7) is 0. The molecule has 1 saturated carbocycles. The molecule has 27 heavy (non-hydrogen) atoms. The average molecular weight is 387 g/mol. The molecule has 1 heterocycles. The van der Waals surface area contributed by atoms with Crippen molar-refractivity contribution in [2.24, 2.45) is 5.92 Å². The number of nitrogen functional groups attached to an aromatic ring is 1. The van der Waals surface area contributed by atoms with Crippen molar-refractivity contribution in [1.29, 1.82) is 0 Å². The molecule has 0 saturated heterocycles. The summed E-state index contributed by atoms with van der Waals surface area (Å²) in [5, 5.41) is 4.86. The Morgan fingerprint density at radius 1 is 1.26 bits per heavy atom. The molecular weight excluding hydrogens is 360 g/mol. The van der Waals surface area contributed by atoms with Crippen molar-refractivity contribution < 1.29 is 14.3 Å². The molecule has 0 radical (unpaired) electrons. The van der Waals surface area contributed by atoms with E-state index in [9.17, 15) is 9.59 Å². The predicted molar refractivity (Wildman–Crippen MR) is 109 cm³/mol. The molecule has 1 fully saturated rings. The Morgan fingerprint density at radius 2 is 2.04 bits per heavy atom. The second-order valence-corrected chi connectivity index (χ2v) is 8.02. The fourth-order valence-electron chi connectivity index (χ4n) is 3.74. The SMILES string of the molecule is COC(=O)[C@@H](CC1CCCCC1)NC(=O)c1ccc(N)cc1-c1cccs1. The van der Waals surface area contributed by atoms with Crippen molar-refractivity contribution in [3.63, 3.8) is 0 Å². The minimum absolute atomic E-state index is 0.274. The number of thiophene rings is 1. The molecule has 144 valence electrons. The van der Waals surface area contributed by atoms with E-state index in [1.54, 1.807) is 29.5 Å². The first-order valence-corrected chi connectivity index (χ1v) is 10.3. The molecule has 5 nitrogen and oxygen atoms in total. The number of carbonyl (C=O) groups is 2. The molecule has 0 aliphatic heterocycles. The molecule has 1 aromatic carbocycles. The number of hydrogen-bond acceptors (Lipinski definition) is 5. The first-order valence-electron chi connectivity index (χ1n) is 9.40. The number of hydrogen-bond donors (Lipinski definition) is 2. The second kappa shape index (κ2) is 9.04. The van der Waals surface area contributed by atoms with Crippen LogP contribution in [0, 0.1) is 5.92 Å². The Morgan fingerprint density at radius 3 is 2.70 bits per heavy atom.